The maximum Gasteiger partial charge on any atom is 0.193 e. The molecule has 0 aliphatic carbocycles. The topological polar surface area (TPSA) is 20.2 Å². The Bertz CT molecular complexity index is 25.1. The molecule has 0 aliphatic rings. The van der Waals surface area contributed by atoms with Gasteiger partial charge in [0.25, 0.3) is 0 Å². The van der Waals surface area contributed by atoms with Gasteiger partial charge in [0.05, 0.1) is 1.37 Å². The standard InChI is InChI=1S/C2H5FO/c1-2(3)4/h2,4H,1H3/i2D. The number of rotatable bonds is 0. The van der Waals surface area contributed by atoms with Crippen LogP contribution in [0, 0.1) is 0 Å². The minimum absolute atomic E-state index is 0.743. The van der Waals surface area contributed by atoms with Crippen LogP contribution in [0.15, 0.2) is 0 Å². The van der Waals surface area contributed by atoms with Gasteiger partial charge in [-0.25, -0.2) is 4.39 Å². The molecule has 1 N–H and O–H groups in total. The summed E-state index contributed by atoms with van der Waals surface area (Å²) in [5, 5.41) is 7.52. The van der Waals surface area contributed by atoms with Gasteiger partial charge >= 0.3 is 0 Å². The van der Waals surface area contributed by atoms with Crippen molar-refractivity contribution in [3.05, 3.63) is 0 Å². The highest BCUT2D eigenvalue weighted by Crippen LogP contribution is 1.71. The Morgan fingerprint density at radius 2 is 2.50 bits per heavy atom. The lowest BCUT2D eigenvalue weighted by Crippen LogP contribution is -1.82. The van der Waals surface area contributed by atoms with Crippen LogP contribution in [0.3, 0.4) is 0 Å². The monoisotopic (exact) mass is 65.0 g/mol. The van der Waals surface area contributed by atoms with Gasteiger partial charge in [0.2, 0.25) is 0 Å². The second-order valence-electron chi connectivity index (χ2n) is 0.497. The molecule has 0 spiro atoms. The van der Waals surface area contributed by atoms with E-state index in [-0.39, 0.29) is 0 Å². The van der Waals surface area contributed by atoms with Crippen LogP contribution in [0.25, 0.3) is 0 Å². The lowest BCUT2D eigenvalue weighted by atomic mass is 10.8. The summed E-state index contributed by atoms with van der Waals surface area (Å²) in [7, 11) is 0. The van der Waals surface area contributed by atoms with Gasteiger partial charge in [-0.2, -0.15) is 0 Å². The Balaban J connectivity index is 3.02. The van der Waals surface area contributed by atoms with Crippen molar-refractivity contribution in [1.82, 2.24) is 0 Å². The van der Waals surface area contributed by atoms with E-state index in [0.29, 0.717) is 0 Å². The first-order chi connectivity index (χ1) is 2.00. The van der Waals surface area contributed by atoms with Crippen LogP contribution in [0.5, 0.6) is 0 Å². The highest BCUT2D eigenvalue weighted by atomic mass is 19.1. The third-order valence-electron chi connectivity index (χ3n) is 0. The Morgan fingerprint density at radius 3 is 2.50 bits per heavy atom. The van der Waals surface area contributed by atoms with Crippen LogP contribution in [-0.4, -0.2) is 11.4 Å². The predicted molar refractivity (Wildman–Crippen MR) is 12.8 cm³/mol. The minimum atomic E-state index is -2.75. The summed E-state index contributed by atoms with van der Waals surface area (Å²) in [5.41, 5.74) is 0. The van der Waals surface area contributed by atoms with Gasteiger partial charge in [0.1, 0.15) is 0 Å². The van der Waals surface area contributed by atoms with Crippen molar-refractivity contribution in [2.24, 2.45) is 0 Å². The van der Waals surface area contributed by atoms with E-state index in [1.54, 1.807) is 0 Å². The fraction of sp³-hybridized carbons (Fsp3) is 1.00. The van der Waals surface area contributed by atoms with Crippen LogP contribution in [0.4, 0.5) is 4.39 Å². The summed E-state index contributed by atoms with van der Waals surface area (Å²) >= 11 is 0. The first kappa shape index (κ1) is 2.15. The number of hydrogen-bond donors (Lipinski definition) is 1. The fourth-order valence-electron chi connectivity index (χ4n) is 0. The average Bonchev–Trinajstić information content (AvgIpc) is 0.722. The second-order valence-corrected chi connectivity index (χ2v) is 0.497. The van der Waals surface area contributed by atoms with Crippen molar-refractivity contribution in [3.8, 4) is 0 Å². The molecule has 0 radical (unpaired) electrons. The summed E-state index contributed by atoms with van der Waals surface area (Å²) in [6.07, 6.45) is -2.75. The summed E-state index contributed by atoms with van der Waals surface area (Å²) < 4.78 is 16.7. The van der Waals surface area contributed by atoms with Gasteiger partial charge in [-0.3, -0.25) is 0 Å². The number of alkyl halides is 1. The molecule has 26 valence electrons. The minimum Gasteiger partial charge on any atom is -0.364 e. The van der Waals surface area contributed by atoms with Crippen molar-refractivity contribution in [2.45, 2.75) is 13.3 Å². The summed E-state index contributed by atoms with van der Waals surface area (Å²) in [6.45, 7) is 0.743. The van der Waals surface area contributed by atoms with Gasteiger partial charge in [0.15, 0.2) is 6.33 Å². The highest BCUT2D eigenvalue weighted by Gasteiger charge is 1.75. The molecule has 4 heavy (non-hydrogen) atoms. The molecule has 0 fully saturated rings. The van der Waals surface area contributed by atoms with E-state index < -0.39 is 6.33 Å². The third kappa shape index (κ3) is 124. The largest absolute Gasteiger partial charge is 0.364 e. The van der Waals surface area contributed by atoms with Gasteiger partial charge in [-0.05, 0) is 6.92 Å². The third-order valence-corrected chi connectivity index (χ3v) is 0. The van der Waals surface area contributed by atoms with E-state index in [4.69, 9.17) is 6.48 Å². The first-order valence-electron chi connectivity index (χ1n) is 1.41. The fourth-order valence-corrected chi connectivity index (χ4v) is 0. The molecular weight excluding hydrogens is 59.0 g/mol. The molecule has 1 unspecified atom stereocenters. The number of hydrogen-bond acceptors (Lipinski definition) is 1. The van der Waals surface area contributed by atoms with Crippen molar-refractivity contribution < 1.29 is 10.9 Å². The number of halogens is 1. The van der Waals surface area contributed by atoms with Crippen LogP contribution in [-0.2, 0) is 0 Å². The zero-order chi connectivity index (χ0) is 4.50. The van der Waals surface area contributed by atoms with Crippen molar-refractivity contribution >= 4 is 0 Å². The van der Waals surface area contributed by atoms with Crippen molar-refractivity contribution in [1.29, 1.82) is 0 Å². The summed E-state index contributed by atoms with van der Waals surface area (Å²) in [5.74, 6) is 0. The van der Waals surface area contributed by atoms with Gasteiger partial charge in [0, 0.05) is 0 Å². The Morgan fingerprint density at radius 1 is 2.50 bits per heavy atom. The van der Waals surface area contributed by atoms with Crippen LogP contribution in [0.1, 0.15) is 8.29 Å². The zero-order valence-electron chi connectivity index (χ0n) is 3.33. The SMILES string of the molecule is [2H]C(C)(O)F. The van der Waals surface area contributed by atoms with Gasteiger partial charge in [-0.15, -0.1) is 0 Å². The molecule has 0 amide bonds. The summed E-state index contributed by atoms with van der Waals surface area (Å²) in [6, 6.07) is 0. The average molecular weight is 65.1 g/mol. The number of aliphatic hydroxyl groups is 1. The lowest BCUT2D eigenvalue weighted by Gasteiger charge is -1.75. The van der Waals surface area contributed by atoms with E-state index in [9.17, 15) is 4.39 Å². The lowest BCUT2D eigenvalue weighted by molar-refractivity contribution is 0.0607. The van der Waals surface area contributed by atoms with Crippen LogP contribution < -0.4 is 0 Å². The Kier molecular flexibility index (Phi) is 0.663. The molecule has 0 saturated carbocycles. The molecule has 0 aliphatic heterocycles. The maximum atomic E-state index is 10.9. The van der Waals surface area contributed by atoms with Crippen molar-refractivity contribution in [2.75, 3.05) is 0 Å². The molecule has 1 atom stereocenters. The van der Waals surface area contributed by atoms with E-state index in [0.717, 1.165) is 6.92 Å². The van der Waals surface area contributed by atoms with E-state index in [1.807, 2.05) is 0 Å². The van der Waals surface area contributed by atoms with Crippen LogP contribution in [0.2, 0.25) is 0 Å². The normalized spacial score (nSPS) is 27.2. The molecule has 0 aromatic carbocycles. The highest BCUT2D eigenvalue weighted by molar-refractivity contribution is 4.04. The van der Waals surface area contributed by atoms with Gasteiger partial charge in [-0.1, -0.05) is 0 Å². The molecule has 0 aromatic rings. The van der Waals surface area contributed by atoms with E-state index in [2.05, 4.69) is 0 Å². The van der Waals surface area contributed by atoms with Crippen molar-refractivity contribution in [3.63, 3.8) is 0 Å². The first-order valence-corrected chi connectivity index (χ1v) is 0.913. The predicted octanol–water partition coefficient (Wildman–Crippen LogP) is 0.294. The van der Waals surface area contributed by atoms with Crippen LogP contribution >= 0.6 is 0 Å². The van der Waals surface area contributed by atoms with E-state index in [1.165, 1.54) is 0 Å². The molecule has 0 saturated heterocycles. The molecule has 0 heterocycles. The quantitative estimate of drug-likeness (QED) is 0.430. The molecule has 0 aromatic heterocycles. The maximum absolute atomic E-state index is 10.9. The molecular formula is C2H5FO. The smallest absolute Gasteiger partial charge is 0.193 e. The molecule has 0 bridgehead atoms. The second kappa shape index (κ2) is 1.24. The zero-order valence-corrected chi connectivity index (χ0v) is 2.33. The Labute approximate surface area is 25.5 Å². The molecule has 1 nitrogen and oxygen atoms in total. The van der Waals surface area contributed by atoms with E-state index >= 15 is 0 Å². The summed E-state index contributed by atoms with van der Waals surface area (Å²) in [4.78, 5) is 0. The van der Waals surface area contributed by atoms with Gasteiger partial charge < -0.3 is 5.11 Å². The Hall–Kier alpha value is -0.110. The molecule has 2 heteroatoms. The molecule has 0 rings (SSSR count).